The van der Waals surface area contributed by atoms with Crippen LogP contribution in [0, 0.1) is 0 Å². The number of phenolic OH excluding ortho intramolecular Hbond substituents is 1. The summed E-state index contributed by atoms with van der Waals surface area (Å²) in [5, 5.41) is 19.9. The van der Waals surface area contributed by atoms with E-state index in [0.717, 1.165) is 48.3 Å². The molecule has 0 unspecified atom stereocenters. The minimum atomic E-state index is -0.911. The predicted octanol–water partition coefficient (Wildman–Crippen LogP) is 5.09. The lowest BCUT2D eigenvalue weighted by Crippen LogP contribution is -2.48. The Kier molecular flexibility index (Phi) is 8.29. The number of amides is 1. The van der Waals surface area contributed by atoms with Gasteiger partial charge in [-0.15, -0.1) is 0 Å². The van der Waals surface area contributed by atoms with Crippen LogP contribution in [0.5, 0.6) is 5.75 Å². The highest BCUT2D eigenvalue weighted by Gasteiger charge is 2.26. The quantitative estimate of drug-likeness (QED) is 0.550. The Bertz CT molecular complexity index is 1080. The van der Waals surface area contributed by atoms with Crippen LogP contribution in [0.15, 0.2) is 42.5 Å². The third-order valence-corrected chi connectivity index (χ3v) is 6.77. The number of aromatic hydroxyl groups is 1. The van der Waals surface area contributed by atoms with Crippen LogP contribution in [0.2, 0.25) is 0 Å². The minimum absolute atomic E-state index is 0.00148. The largest absolute Gasteiger partial charge is 0.507 e. The molecular formula is C30H40N2O4. The van der Waals surface area contributed by atoms with E-state index < -0.39 is 5.97 Å². The van der Waals surface area contributed by atoms with Crippen molar-refractivity contribution < 1.29 is 19.8 Å². The van der Waals surface area contributed by atoms with Gasteiger partial charge in [-0.1, -0.05) is 53.7 Å². The summed E-state index contributed by atoms with van der Waals surface area (Å²) in [7, 11) is 0. The van der Waals surface area contributed by atoms with Gasteiger partial charge < -0.3 is 15.1 Å². The molecule has 1 aliphatic heterocycles. The zero-order valence-corrected chi connectivity index (χ0v) is 22.5. The van der Waals surface area contributed by atoms with Crippen LogP contribution in [-0.2, 0) is 22.0 Å². The van der Waals surface area contributed by atoms with Crippen LogP contribution in [-0.4, -0.2) is 64.6 Å². The second-order valence-electron chi connectivity index (χ2n) is 11.7. The van der Waals surface area contributed by atoms with E-state index in [4.69, 9.17) is 5.11 Å². The van der Waals surface area contributed by atoms with E-state index in [2.05, 4.69) is 46.4 Å². The molecule has 0 saturated carbocycles. The number of carboxylic acids is 1. The number of phenols is 1. The third kappa shape index (κ3) is 6.97. The third-order valence-electron chi connectivity index (χ3n) is 6.77. The van der Waals surface area contributed by atoms with Crippen molar-refractivity contribution in [3.05, 3.63) is 70.3 Å². The summed E-state index contributed by atoms with van der Waals surface area (Å²) in [6.45, 7) is 16.3. The molecule has 1 saturated heterocycles. The monoisotopic (exact) mass is 492 g/mol. The molecule has 0 radical (unpaired) electrons. The zero-order chi connectivity index (χ0) is 26.7. The SMILES string of the molecule is CC(C)(C)c1cc(/C=C/C(=O)N2CCN(CCc3ccc(C(=O)O)cc3)CC2)cc(C(C)(C)C)c1O. The summed E-state index contributed by atoms with van der Waals surface area (Å²) >= 11 is 0. The van der Waals surface area contributed by atoms with E-state index in [1.807, 2.05) is 35.2 Å². The van der Waals surface area contributed by atoms with Crippen molar-refractivity contribution in [1.29, 1.82) is 0 Å². The highest BCUT2D eigenvalue weighted by Crippen LogP contribution is 2.40. The first-order valence-corrected chi connectivity index (χ1v) is 12.7. The smallest absolute Gasteiger partial charge is 0.335 e. The minimum Gasteiger partial charge on any atom is -0.507 e. The van der Waals surface area contributed by atoms with Gasteiger partial charge in [0.1, 0.15) is 5.75 Å². The Morgan fingerprint density at radius 1 is 0.889 bits per heavy atom. The van der Waals surface area contributed by atoms with Crippen molar-refractivity contribution >= 4 is 18.0 Å². The summed E-state index contributed by atoms with van der Waals surface area (Å²) < 4.78 is 0. The molecule has 2 aromatic carbocycles. The van der Waals surface area contributed by atoms with Gasteiger partial charge in [-0.2, -0.15) is 0 Å². The molecule has 0 bridgehead atoms. The van der Waals surface area contributed by atoms with Crippen LogP contribution >= 0.6 is 0 Å². The molecule has 0 spiro atoms. The number of rotatable bonds is 6. The first-order valence-electron chi connectivity index (χ1n) is 12.7. The van der Waals surface area contributed by atoms with Crippen molar-refractivity contribution in [2.45, 2.75) is 58.8 Å². The van der Waals surface area contributed by atoms with Gasteiger partial charge in [0.25, 0.3) is 0 Å². The number of hydrogen-bond acceptors (Lipinski definition) is 4. The first-order chi connectivity index (χ1) is 16.8. The molecule has 0 aliphatic carbocycles. The standard InChI is InChI=1S/C30H40N2O4/c1-29(2,3)24-19-22(20-25(27(24)34)30(4,5)6)9-12-26(33)32-17-15-31(16-18-32)14-13-21-7-10-23(11-8-21)28(35)36/h7-12,19-20,34H,13-18H2,1-6H3,(H,35,36)/b12-9+. The molecule has 2 N–H and O–H groups in total. The molecule has 1 aliphatic rings. The molecule has 1 amide bonds. The van der Waals surface area contributed by atoms with Gasteiger partial charge >= 0.3 is 5.97 Å². The molecule has 194 valence electrons. The van der Waals surface area contributed by atoms with Crippen LogP contribution < -0.4 is 0 Å². The number of carboxylic acid groups (broad SMARTS) is 1. The topological polar surface area (TPSA) is 81.1 Å². The van der Waals surface area contributed by atoms with E-state index in [9.17, 15) is 14.7 Å². The molecule has 1 heterocycles. The molecule has 0 atom stereocenters. The van der Waals surface area contributed by atoms with Crippen molar-refractivity contribution in [2.24, 2.45) is 0 Å². The highest BCUT2D eigenvalue weighted by molar-refractivity contribution is 5.92. The van der Waals surface area contributed by atoms with Gasteiger partial charge in [-0.25, -0.2) is 4.79 Å². The summed E-state index contributed by atoms with van der Waals surface area (Å²) in [5.41, 5.74) is 3.67. The van der Waals surface area contributed by atoms with E-state index in [0.29, 0.717) is 24.4 Å². The zero-order valence-electron chi connectivity index (χ0n) is 22.5. The first kappa shape index (κ1) is 27.5. The van der Waals surface area contributed by atoms with Crippen LogP contribution in [0.1, 0.15) is 74.2 Å². The second-order valence-corrected chi connectivity index (χ2v) is 11.7. The lowest BCUT2D eigenvalue weighted by Gasteiger charge is -2.34. The van der Waals surface area contributed by atoms with Crippen molar-refractivity contribution in [3.8, 4) is 5.75 Å². The highest BCUT2D eigenvalue weighted by atomic mass is 16.4. The number of aromatic carboxylic acids is 1. The second kappa shape index (κ2) is 10.9. The van der Waals surface area contributed by atoms with Gasteiger partial charge in [0.2, 0.25) is 5.91 Å². The fraction of sp³-hybridized carbons (Fsp3) is 0.467. The normalized spacial score (nSPS) is 15.4. The number of nitrogens with zero attached hydrogens (tertiary/aromatic N) is 2. The van der Waals surface area contributed by atoms with Gasteiger partial charge in [-0.3, -0.25) is 9.69 Å². The predicted molar refractivity (Wildman–Crippen MR) is 145 cm³/mol. The number of piperazine rings is 1. The summed E-state index contributed by atoms with van der Waals surface area (Å²) in [6.07, 6.45) is 4.35. The Hall–Kier alpha value is -3.12. The molecule has 0 aromatic heterocycles. The van der Waals surface area contributed by atoms with Crippen molar-refractivity contribution in [1.82, 2.24) is 9.80 Å². The van der Waals surface area contributed by atoms with Crippen LogP contribution in [0.3, 0.4) is 0 Å². The molecule has 1 fully saturated rings. The fourth-order valence-corrected chi connectivity index (χ4v) is 4.46. The number of carbonyl (C=O) groups is 2. The number of benzene rings is 2. The van der Waals surface area contributed by atoms with Gasteiger partial charge in [0.15, 0.2) is 0 Å². The Morgan fingerprint density at radius 3 is 1.89 bits per heavy atom. The maximum atomic E-state index is 12.9. The lowest BCUT2D eigenvalue weighted by molar-refractivity contribution is -0.127. The van der Waals surface area contributed by atoms with E-state index >= 15 is 0 Å². The van der Waals surface area contributed by atoms with Gasteiger partial charge in [0.05, 0.1) is 5.56 Å². The van der Waals surface area contributed by atoms with E-state index in [1.54, 1.807) is 18.2 Å². The molecule has 3 rings (SSSR count). The summed E-state index contributed by atoms with van der Waals surface area (Å²) in [6, 6.07) is 11.0. The Morgan fingerprint density at radius 2 is 1.42 bits per heavy atom. The number of carbonyl (C=O) groups excluding carboxylic acids is 1. The van der Waals surface area contributed by atoms with Crippen LogP contribution in [0.25, 0.3) is 6.08 Å². The van der Waals surface area contributed by atoms with Gasteiger partial charge in [-0.05, 0) is 58.7 Å². The Balaban J connectivity index is 1.59. The van der Waals surface area contributed by atoms with Crippen LogP contribution in [0.4, 0.5) is 0 Å². The Labute approximate surface area is 215 Å². The molecule has 36 heavy (non-hydrogen) atoms. The lowest BCUT2D eigenvalue weighted by atomic mass is 9.78. The molecule has 6 nitrogen and oxygen atoms in total. The van der Waals surface area contributed by atoms with E-state index in [1.165, 1.54) is 0 Å². The van der Waals surface area contributed by atoms with Crippen molar-refractivity contribution in [2.75, 3.05) is 32.7 Å². The molecule has 2 aromatic rings. The average Bonchev–Trinajstić information content (AvgIpc) is 2.81. The number of hydrogen-bond donors (Lipinski definition) is 2. The molecule has 6 heteroatoms. The maximum absolute atomic E-state index is 12.9. The fourth-order valence-electron chi connectivity index (χ4n) is 4.46. The van der Waals surface area contributed by atoms with Gasteiger partial charge in [0, 0.05) is 49.9 Å². The summed E-state index contributed by atoms with van der Waals surface area (Å²) in [5.74, 6) is -0.569. The van der Waals surface area contributed by atoms with E-state index in [-0.39, 0.29) is 16.7 Å². The molecular weight excluding hydrogens is 452 g/mol. The summed E-state index contributed by atoms with van der Waals surface area (Å²) in [4.78, 5) is 28.1. The average molecular weight is 493 g/mol. The van der Waals surface area contributed by atoms with Crippen molar-refractivity contribution in [3.63, 3.8) is 0 Å². The maximum Gasteiger partial charge on any atom is 0.335 e.